The first-order valence-corrected chi connectivity index (χ1v) is 5.46. The van der Waals surface area contributed by atoms with E-state index in [9.17, 15) is 19.2 Å². The van der Waals surface area contributed by atoms with Crippen molar-refractivity contribution in [2.45, 2.75) is 38.5 Å². The molecule has 96 valence electrons. The van der Waals surface area contributed by atoms with Crippen molar-refractivity contribution in [2.75, 3.05) is 0 Å². The van der Waals surface area contributed by atoms with Gasteiger partial charge in [0.15, 0.2) is 0 Å². The number of nitrogens with two attached hydrogens (primary N) is 1. The molecule has 0 spiro atoms. The van der Waals surface area contributed by atoms with Crippen molar-refractivity contribution in [1.29, 1.82) is 0 Å². The standard InChI is InChI=1S/C11H17NO5/c12-11(17)8(5-6-10(15)16)9(14)4-2-1-3-7-13/h7-8H,1-6H2,(H2,12,17)(H,15,16). The Labute approximate surface area is 99.2 Å². The summed E-state index contributed by atoms with van der Waals surface area (Å²) in [5.74, 6) is -3.22. The molecule has 0 aliphatic carbocycles. The fourth-order valence-corrected chi connectivity index (χ4v) is 1.43. The van der Waals surface area contributed by atoms with E-state index >= 15 is 0 Å². The van der Waals surface area contributed by atoms with Crippen molar-refractivity contribution in [1.82, 2.24) is 0 Å². The molecule has 1 amide bonds. The summed E-state index contributed by atoms with van der Waals surface area (Å²) in [6.07, 6.45) is 2.07. The molecule has 0 aromatic rings. The van der Waals surface area contributed by atoms with Crippen molar-refractivity contribution in [3.63, 3.8) is 0 Å². The van der Waals surface area contributed by atoms with E-state index < -0.39 is 17.8 Å². The average Bonchev–Trinajstić information content (AvgIpc) is 2.23. The van der Waals surface area contributed by atoms with E-state index in [1.807, 2.05) is 0 Å². The molecule has 0 heterocycles. The minimum absolute atomic E-state index is 0.0584. The van der Waals surface area contributed by atoms with E-state index in [0.29, 0.717) is 19.3 Å². The van der Waals surface area contributed by atoms with Gasteiger partial charge >= 0.3 is 5.97 Å². The van der Waals surface area contributed by atoms with Gasteiger partial charge in [0.1, 0.15) is 12.1 Å². The number of aldehydes is 1. The molecule has 3 N–H and O–H groups in total. The molecule has 0 aromatic carbocycles. The summed E-state index contributed by atoms with van der Waals surface area (Å²) in [5, 5.41) is 8.47. The fourth-order valence-electron chi connectivity index (χ4n) is 1.43. The lowest BCUT2D eigenvalue weighted by Crippen LogP contribution is -2.30. The quantitative estimate of drug-likeness (QED) is 0.325. The van der Waals surface area contributed by atoms with Crippen LogP contribution < -0.4 is 5.73 Å². The van der Waals surface area contributed by atoms with Crippen LogP contribution in [0.3, 0.4) is 0 Å². The first-order chi connectivity index (χ1) is 7.99. The Kier molecular flexibility index (Phi) is 7.58. The maximum Gasteiger partial charge on any atom is 0.303 e. The Morgan fingerprint density at radius 1 is 1.18 bits per heavy atom. The number of hydrogen-bond acceptors (Lipinski definition) is 4. The van der Waals surface area contributed by atoms with Crippen molar-refractivity contribution >= 4 is 23.9 Å². The summed E-state index contributed by atoms with van der Waals surface area (Å²) in [7, 11) is 0. The molecule has 0 saturated carbocycles. The highest BCUT2D eigenvalue weighted by Crippen LogP contribution is 2.12. The molecular formula is C11H17NO5. The molecule has 0 aliphatic rings. The molecule has 6 heteroatoms. The second-order valence-electron chi connectivity index (χ2n) is 3.77. The number of unbranched alkanes of at least 4 members (excludes halogenated alkanes) is 2. The Balaban J connectivity index is 4.10. The Morgan fingerprint density at radius 3 is 2.29 bits per heavy atom. The molecule has 0 rings (SSSR count). The van der Waals surface area contributed by atoms with E-state index in [1.54, 1.807) is 0 Å². The maximum absolute atomic E-state index is 11.6. The lowest BCUT2D eigenvalue weighted by atomic mass is 9.94. The van der Waals surface area contributed by atoms with E-state index in [-0.39, 0.29) is 25.0 Å². The van der Waals surface area contributed by atoms with E-state index in [4.69, 9.17) is 10.8 Å². The Bertz CT molecular complexity index is 300. The molecule has 17 heavy (non-hydrogen) atoms. The van der Waals surface area contributed by atoms with Gasteiger partial charge in [0.25, 0.3) is 0 Å². The number of ketones is 1. The van der Waals surface area contributed by atoms with Gasteiger partial charge in [-0.05, 0) is 19.3 Å². The minimum Gasteiger partial charge on any atom is -0.481 e. The van der Waals surface area contributed by atoms with Crippen LogP contribution in [0.5, 0.6) is 0 Å². The number of carboxylic acids is 1. The highest BCUT2D eigenvalue weighted by Gasteiger charge is 2.24. The van der Waals surface area contributed by atoms with Crippen LogP contribution in [0.25, 0.3) is 0 Å². The third-order valence-electron chi connectivity index (χ3n) is 2.37. The second kappa shape index (κ2) is 8.43. The van der Waals surface area contributed by atoms with Gasteiger partial charge in [-0.2, -0.15) is 0 Å². The maximum atomic E-state index is 11.6. The normalized spacial score (nSPS) is 11.8. The Hall–Kier alpha value is -1.72. The lowest BCUT2D eigenvalue weighted by molar-refractivity contribution is -0.138. The number of carbonyl (C=O) groups excluding carboxylic acids is 3. The summed E-state index contributed by atoms with van der Waals surface area (Å²) in [5.41, 5.74) is 5.05. The van der Waals surface area contributed by atoms with Crippen LogP contribution in [0.15, 0.2) is 0 Å². The fraction of sp³-hybridized carbons (Fsp3) is 0.636. The highest BCUT2D eigenvalue weighted by molar-refractivity contribution is 6.00. The third-order valence-corrected chi connectivity index (χ3v) is 2.37. The van der Waals surface area contributed by atoms with E-state index in [2.05, 4.69) is 0 Å². The summed E-state index contributed by atoms with van der Waals surface area (Å²) in [6, 6.07) is 0. The van der Waals surface area contributed by atoms with Gasteiger partial charge in [0.2, 0.25) is 5.91 Å². The number of hydrogen-bond donors (Lipinski definition) is 2. The van der Waals surface area contributed by atoms with Gasteiger partial charge in [-0.3, -0.25) is 14.4 Å². The first-order valence-electron chi connectivity index (χ1n) is 5.46. The number of amides is 1. The zero-order valence-electron chi connectivity index (χ0n) is 9.55. The molecule has 0 saturated heterocycles. The topological polar surface area (TPSA) is 115 Å². The molecule has 0 bridgehead atoms. The van der Waals surface area contributed by atoms with E-state index in [1.165, 1.54) is 0 Å². The second-order valence-corrected chi connectivity index (χ2v) is 3.77. The summed E-state index contributed by atoms with van der Waals surface area (Å²) >= 11 is 0. The van der Waals surface area contributed by atoms with Crippen LogP contribution in [0.1, 0.15) is 38.5 Å². The number of aliphatic carboxylic acids is 1. The van der Waals surface area contributed by atoms with Crippen molar-refractivity contribution < 1.29 is 24.3 Å². The van der Waals surface area contributed by atoms with Gasteiger partial charge in [-0.1, -0.05) is 0 Å². The van der Waals surface area contributed by atoms with Crippen molar-refractivity contribution in [2.24, 2.45) is 11.7 Å². The van der Waals surface area contributed by atoms with Gasteiger partial charge < -0.3 is 15.6 Å². The lowest BCUT2D eigenvalue weighted by Gasteiger charge is -2.10. The smallest absolute Gasteiger partial charge is 0.303 e. The SMILES string of the molecule is NC(=O)C(CCC(=O)O)C(=O)CCCCC=O. The van der Waals surface area contributed by atoms with Crippen LogP contribution >= 0.6 is 0 Å². The van der Waals surface area contributed by atoms with Crippen LogP contribution in [0, 0.1) is 5.92 Å². The summed E-state index contributed by atoms with van der Waals surface area (Å²) in [4.78, 5) is 43.0. The minimum atomic E-state index is -1.06. The highest BCUT2D eigenvalue weighted by atomic mass is 16.4. The molecule has 6 nitrogen and oxygen atoms in total. The van der Waals surface area contributed by atoms with Gasteiger partial charge in [0.05, 0.1) is 5.92 Å². The predicted octanol–water partition coefficient (Wildman–Crippen LogP) is 0.281. The van der Waals surface area contributed by atoms with Crippen LogP contribution in [0.2, 0.25) is 0 Å². The predicted molar refractivity (Wildman–Crippen MR) is 59.1 cm³/mol. The summed E-state index contributed by atoms with van der Waals surface area (Å²) in [6.45, 7) is 0. The number of Topliss-reactive ketones (excluding diaryl/α,β-unsaturated/α-hetero) is 1. The molecule has 0 fully saturated rings. The molecule has 1 atom stereocenters. The van der Waals surface area contributed by atoms with E-state index in [0.717, 1.165) is 6.29 Å². The largest absolute Gasteiger partial charge is 0.481 e. The van der Waals surface area contributed by atoms with Gasteiger partial charge in [-0.15, -0.1) is 0 Å². The number of carbonyl (C=O) groups is 4. The zero-order chi connectivity index (χ0) is 13.3. The summed E-state index contributed by atoms with van der Waals surface area (Å²) < 4.78 is 0. The average molecular weight is 243 g/mol. The molecule has 1 unspecified atom stereocenters. The van der Waals surface area contributed by atoms with Crippen molar-refractivity contribution in [3.8, 4) is 0 Å². The van der Waals surface area contributed by atoms with Crippen LogP contribution in [0.4, 0.5) is 0 Å². The number of primary amides is 1. The Morgan fingerprint density at radius 2 is 1.82 bits per heavy atom. The molecule has 0 aromatic heterocycles. The number of carboxylic acid groups (broad SMARTS) is 1. The molecular weight excluding hydrogens is 226 g/mol. The monoisotopic (exact) mass is 243 g/mol. The van der Waals surface area contributed by atoms with Crippen molar-refractivity contribution in [3.05, 3.63) is 0 Å². The molecule has 0 radical (unpaired) electrons. The van der Waals surface area contributed by atoms with Gasteiger partial charge in [-0.25, -0.2) is 0 Å². The first kappa shape index (κ1) is 15.3. The molecule has 0 aliphatic heterocycles. The van der Waals surface area contributed by atoms with Gasteiger partial charge in [0, 0.05) is 19.3 Å². The van der Waals surface area contributed by atoms with Crippen LogP contribution in [-0.2, 0) is 19.2 Å². The van der Waals surface area contributed by atoms with Crippen LogP contribution in [-0.4, -0.2) is 29.1 Å². The third kappa shape index (κ3) is 7.21. The zero-order valence-corrected chi connectivity index (χ0v) is 9.55. The number of rotatable bonds is 10.